The van der Waals surface area contributed by atoms with Gasteiger partial charge < -0.3 is 9.15 Å². The number of fused-ring (bicyclic) bond motifs is 1. The lowest BCUT2D eigenvalue weighted by Gasteiger charge is -2.25. The molecule has 1 aliphatic rings. The minimum absolute atomic E-state index is 0.138. The van der Waals surface area contributed by atoms with E-state index in [0.29, 0.717) is 26.6 Å². The van der Waals surface area contributed by atoms with Gasteiger partial charge in [0.2, 0.25) is 0 Å². The zero-order chi connectivity index (χ0) is 26.1. The lowest BCUT2D eigenvalue weighted by molar-refractivity contribution is -0.402. The number of halogens is 1. The molecule has 0 aliphatic carbocycles. The molecule has 0 bridgehead atoms. The van der Waals surface area contributed by atoms with Crippen molar-refractivity contribution in [1.82, 2.24) is 4.57 Å². The van der Waals surface area contributed by atoms with Crippen LogP contribution in [0.5, 0.6) is 0 Å². The van der Waals surface area contributed by atoms with Gasteiger partial charge in [0, 0.05) is 16.7 Å². The lowest BCUT2D eigenvalue weighted by atomic mass is 9.93. The number of carbonyl (C=O) groups excluding carboxylic acids is 1. The Balaban J connectivity index is 1.80. The first kappa shape index (κ1) is 24.4. The number of esters is 1. The van der Waals surface area contributed by atoms with Crippen molar-refractivity contribution in [2.24, 2.45) is 4.99 Å². The van der Waals surface area contributed by atoms with Crippen LogP contribution in [0, 0.1) is 10.1 Å². The van der Waals surface area contributed by atoms with Crippen LogP contribution in [0.15, 0.2) is 86.5 Å². The van der Waals surface area contributed by atoms with E-state index < -0.39 is 28.4 Å². The highest BCUT2D eigenvalue weighted by atomic mass is 35.5. The molecule has 2 aromatic heterocycles. The Morgan fingerprint density at radius 1 is 1.19 bits per heavy atom. The van der Waals surface area contributed by atoms with Crippen molar-refractivity contribution in [2.45, 2.75) is 13.0 Å². The van der Waals surface area contributed by atoms with E-state index in [-0.39, 0.29) is 22.5 Å². The molecule has 5 rings (SSSR count). The van der Waals surface area contributed by atoms with E-state index in [2.05, 4.69) is 0 Å². The average Bonchev–Trinajstić information content (AvgIpc) is 3.49. The molecule has 0 saturated heterocycles. The number of furan rings is 1. The maximum absolute atomic E-state index is 13.7. The molecular formula is C26H18ClN3O6S. The summed E-state index contributed by atoms with van der Waals surface area (Å²) in [6.45, 7) is 1.84. The number of benzene rings is 2. The van der Waals surface area contributed by atoms with Crippen LogP contribution in [0.3, 0.4) is 0 Å². The van der Waals surface area contributed by atoms with E-state index in [1.165, 1.54) is 22.8 Å². The first-order valence-electron chi connectivity index (χ1n) is 11.2. The van der Waals surface area contributed by atoms with Crippen LogP contribution in [0.4, 0.5) is 5.88 Å². The third kappa shape index (κ3) is 4.64. The predicted molar refractivity (Wildman–Crippen MR) is 138 cm³/mol. The Morgan fingerprint density at radius 2 is 1.92 bits per heavy atom. The normalized spacial score (nSPS) is 15.3. The van der Waals surface area contributed by atoms with Gasteiger partial charge in [0.1, 0.15) is 10.7 Å². The van der Waals surface area contributed by atoms with Crippen molar-refractivity contribution in [3.8, 4) is 0 Å². The number of hydrogen-bond acceptors (Lipinski definition) is 8. The van der Waals surface area contributed by atoms with Crippen molar-refractivity contribution in [1.29, 1.82) is 0 Å². The molecule has 2 aromatic carbocycles. The summed E-state index contributed by atoms with van der Waals surface area (Å²) in [6.07, 6.45) is 1.42. The summed E-state index contributed by atoms with van der Waals surface area (Å²) in [5.74, 6) is -0.886. The van der Waals surface area contributed by atoms with Gasteiger partial charge in [-0.05, 0) is 30.7 Å². The van der Waals surface area contributed by atoms with Crippen LogP contribution in [-0.4, -0.2) is 22.1 Å². The molecular weight excluding hydrogens is 518 g/mol. The third-order valence-electron chi connectivity index (χ3n) is 5.63. The summed E-state index contributed by atoms with van der Waals surface area (Å²) in [6, 6.07) is 17.8. The fourth-order valence-electron chi connectivity index (χ4n) is 4.05. The van der Waals surface area contributed by atoms with E-state index >= 15 is 0 Å². The highest BCUT2D eigenvalue weighted by Crippen LogP contribution is 2.35. The van der Waals surface area contributed by atoms with Gasteiger partial charge >= 0.3 is 11.9 Å². The number of aromatic nitrogens is 1. The molecule has 0 fully saturated rings. The van der Waals surface area contributed by atoms with Crippen LogP contribution in [0.1, 0.15) is 29.9 Å². The quantitative estimate of drug-likeness (QED) is 0.208. The van der Waals surface area contributed by atoms with E-state index in [0.717, 1.165) is 11.3 Å². The second-order valence-corrected chi connectivity index (χ2v) is 9.36. The van der Waals surface area contributed by atoms with Crippen molar-refractivity contribution >= 4 is 46.6 Å². The van der Waals surface area contributed by atoms with E-state index in [9.17, 15) is 19.7 Å². The molecule has 11 heteroatoms. The summed E-state index contributed by atoms with van der Waals surface area (Å²) < 4.78 is 12.3. The number of hydrogen-bond donors (Lipinski definition) is 0. The molecule has 0 amide bonds. The van der Waals surface area contributed by atoms with Gasteiger partial charge in [0.25, 0.3) is 5.56 Å². The minimum atomic E-state index is -0.851. The molecule has 0 spiro atoms. The van der Waals surface area contributed by atoms with E-state index in [1.54, 1.807) is 31.2 Å². The smallest absolute Gasteiger partial charge is 0.433 e. The molecule has 0 saturated carbocycles. The minimum Gasteiger partial charge on any atom is -0.463 e. The Bertz CT molecular complexity index is 1720. The van der Waals surface area contributed by atoms with Crippen LogP contribution < -0.4 is 14.9 Å². The number of nitro groups is 1. The van der Waals surface area contributed by atoms with Crippen molar-refractivity contribution in [2.75, 3.05) is 6.61 Å². The second-order valence-electron chi connectivity index (χ2n) is 7.92. The Morgan fingerprint density at radius 3 is 2.57 bits per heavy atom. The molecule has 0 N–H and O–H groups in total. The standard InChI is InChI=1S/C26H18ClN3O6S/c1-2-35-25(32)21-22(15-6-4-3-5-7-15)28-26-29(23(21)16-8-10-17(27)11-9-16)24(31)19(37-26)14-18-12-13-20(36-18)30(33)34/h3-14,23H,2H2,1H3. The summed E-state index contributed by atoms with van der Waals surface area (Å²) >= 11 is 7.21. The highest BCUT2D eigenvalue weighted by Gasteiger charge is 2.35. The molecule has 4 aromatic rings. The predicted octanol–water partition coefficient (Wildman–Crippen LogP) is 4.09. The molecule has 37 heavy (non-hydrogen) atoms. The van der Waals surface area contributed by atoms with Crippen molar-refractivity contribution in [3.05, 3.63) is 124 Å². The first-order chi connectivity index (χ1) is 17.9. The number of rotatable bonds is 6. The fraction of sp³-hybridized carbons (Fsp3) is 0.115. The lowest BCUT2D eigenvalue weighted by Crippen LogP contribution is -2.39. The summed E-state index contributed by atoms with van der Waals surface area (Å²) in [7, 11) is 0. The van der Waals surface area contributed by atoms with Crippen LogP contribution in [0.25, 0.3) is 11.8 Å². The number of ether oxygens (including phenoxy) is 1. The van der Waals surface area contributed by atoms with Gasteiger partial charge in [-0.3, -0.25) is 19.5 Å². The maximum atomic E-state index is 13.7. The maximum Gasteiger partial charge on any atom is 0.433 e. The number of nitrogens with zero attached hydrogens (tertiary/aromatic N) is 3. The number of thiazole rings is 1. The van der Waals surface area contributed by atoms with Gasteiger partial charge in [-0.1, -0.05) is 65.4 Å². The summed E-state index contributed by atoms with van der Waals surface area (Å²) in [5, 5.41) is 11.5. The van der Waals surface area contributed by atoms with E-state index in [1.807, 2.05) is 30.3 Å². The molecule has 1 unspecified atom stereocenters. The average molecular weight is 536 g/mol. The Hall–Kier alpha value is -4.28. The van der Waals surface area contributed by atoms with Gasteiger partial charge in [-0.25, -0.2) is 9.79 Å². The SMILES string of the molecule is CCOC(=O)C1=C(c2ccccc2)N=c2sc(=Cc3ccc([N+](=O)[O-])o3)c(=O)n2C1c1ccc(Cl)cc1. The van der Waals surface area contributed by atoms with Crippen molar-refractivity contribution < 1.29 is 18.9 Å². The Kier molecular flexibility index (Phi) is 6.60. The van der Waals surface area contributed by atoms with Crippen LogP contribution in [0.2, 0.25) is 5.02 Å². The van der Waals surface area contributed by atoms with Gasteiger partial charge in [0.05, 0.1) is 34.5 Å². The molecule has 0 radical (unpaired) electrons. The van der Waals surface area contributed by atoms with Crippen LogP contribution >= 0.6 is 22.9 Å². The van der Waals surface area contributed by atoms with Crippen molar-refractivity contribution in [3.63, 3.8) is 0 Å². The second kappa shape index (κ2) is 10.00. The van der Waals surface area contributed by atoms with Gasteiger partial charge in [0.15, 0.2) is 4.80 Å². The zero-order valence-electron chi connectivity index (χ0n) is 19.3. The fourth-order valence-corrected chi connectivity index (χ4v) is 5.15. The first-order valence-corrected chi connectivity index (χ1v) is 12.3. The zero-order valence-corrected chi connectivity index (χ0v) is 20.9. The monoisotopic (exact) mass is 535 g/mol. The molecule has 186 valence electrons. The topological polar surface area (TPSA) is 117 Å². The Labute approximate surface area is 218 Å². The van der Waals surface area contributed by atoms with Gasteiger partial charge in [-0.2, -0.15) is 0 Å². The molecule has 3 heterocycles. The highest BCUT2D eigenvalue weighted by molar-refractivity contribution is 7.07. The molecule has 1 atom stereocenters. The van der Waals surface area contributed by atoms with E-state index in [4.69, 9.17) is 25.7 Å². The molecule has 1 aliphatic heterocycles. The summed E-state index contributed by atoms with van der Waals surface area (Å²) in [5.41, 5.74) is 1.49. The summed E-state index contributed by atoms with van der Waals surface area (Å²) in [4.78, 5) is 42.5. The van der Waals surface area contributed by atoms with Crippen LogP contribution in [-0.2, 0) is 9.53 Å². The van der Waals surface area contributed by atoms with Gasteiger partial charge in [-0.15, -0.1) is 0 Å². The largest absolute Gasteiger partial charge is 0.463 e. The number of carbonyl (C=O) groups is 1. The molecule has 9 nitrogen and oxygen atoms in total. The third-order valence-corrected chi connectivity index (χ3v) is 6.86.